The second kappa shape index (κ2) is 7.11. The molecule has 0 spiro atoms. The van der Waals surface area contributed by atoms with E-state index in [1.165, 1.54) is 6.92 Å². The number of imide groups is 1. The van der Waals surface area contributed by atoms with Gasteiger partial charge in [0.1, 0.15) is 12.6 Å². The first kappa shape index (κ1) is 17.2. The molecule has 2 aromatic rings. The lowest BCUT2D eigenvalue weighted by molar-refractivity contribution is -0.149. The number of carbonyl (C=O) groups excluding carboxylic acids is 3. The second-order valence-electron chi connectivity index (χ2n) is 5.66. The fourth-order valence-corrected chi connectivity index (χ4v) is 3.07. The Balaban J connectivity index is 1.66. The number of esters is 1. The maximum absolute atomic E-state index is 12.4. The van der Waals surface area contributed by atoms with E-state index in [2.05, 4.69) is 0 Å². The summed E-state index contributed by atoms with van der Waals surface area (Å²) in [7, 11) is 0. The van der Waals surface area contributed by atoms with Crippen LogP contribution in [0.2, 0.25) is 0 Å². The summed E-state index contributed by atoms with van der Waals surface area (Å²) in [5.74, 6) is -1.54. The van der Waals surface area contributed by atoms with E-state index in [9.17, 15) is 14.4 Å². The van der Waals surface area contributed by atoms with E-state index >= 15 is 0 Å². The minimum Gasteiger partial charge on any atom is -0.459 e. The summed E-state index contributed by atoms with van der Waals surface area (Å²) in [5.41, 5.74) is 1.49. The van der Waals surface area contributed by atoms with Crippen molar-refractivity contribution in [3.63, 3.8) is 0 Å². The Kier molecular flexibility index (Phi) is 4.90. The lowest BCUT2D eigenvalue weighted by atomic mass is 10.1. The summed E-state index contributed by atoms with van der Waals surface area (Å²) in [6, 6.07) is 13.2. The van der Waals surface area contributed by atoms with Crippen molar-refractivity contribution < 1.29 is 19.1 Å². The van der Waals surface area contributed by atoms with E-state index in [4.69, 9.17) is 4.74 Å². The van der Waals surface area contributed by atoms with Crippen molar-refractivity contribution in [3.8, 4) is 0 Å². The van der Waals surface area contributed by atoms with E-state index in [0.717, 1.165) is 15.4 Å². The molecule has 0 N–H and O–H groups in total. The molecule has 0 fully saturated rings. The number of hydrogen-bond acceptors (Lipinski definition) is 5. The van der Waals surface area contributed by atoms with E-state index in [1.54, 1.807) is 36.0 Å². The molecule has 0 radical (unpaired) electrons. The fourth-order valence-electron chi connectivity index (χ4n) is 2.66. The monoisotopic (exact) mass is 355 g/mol. The van der Waals surface area contributed by atoms with Crippen LogP contribution in [-0.2, 0) is 16.1 Å². The molecular weight excluding hydrogens is 338 g/mol. The first-order chi connectivity index (χ1) is 12.0. The summed E-state index contributed by atoms with van der Waals surface area (Å²) in [6.45, 7) is 1.60. The average molecular weight is 355 g/mol. The van der Waals surface area contributed by atoms with Crippen molar-refractivity contribution >= 4 is 29.5 Å². The molecule has 1 atom stereocenters. The largest absolute Gasteiger partial charge is 0.459 e. The molecule has 5 nitrogen and oxygen atoms in total. The van der Waals surface area contributed by atoms with Gasteiger partial charge in [0.25, 0.3) is 11.8 Å². The standard InChI is InChI=1S/C19H17NO4S/c1-12(19(23)24-11-13-7-9-14(25-2)10-8-13)20-17(21)15-5-3-4-6-16(15)18(20)22/h3-10,12H,11H2,1-2H3. The van der Waals surface area contributed by atoms with Gasteiger partial charge in [0.15, 0.2) is 0 Å². The van der Waals surface area contributed by atoms with Gasteiger partial charge in [-0.05, 0) is 43.0 Å². The number of ether oxygens (including phenoxy) is 1. The Morgan fingerprint density at radius 2 is 1.60 bits per heavy atom. The third kappa shape index (κ3) is 3.30. The normalized spacial score (nSPS) is 14.4. The van der Waals surface area contributed by atoms with Crippen LogP contribution in [0.3, 0.4) is 0 Å². The minimum atomic E-state index is -0.974. The molecule has 1 heterocycles. The van der Waals surface area contributed by atoms with Crippen LogP contribution in [0.4, 0.5) is 0 Å². The average Bonchev–Trinajstić information content (AvgIpc) is 2.90. The van der Waals surface area contributed by atoms with Gasteiger partial charge in [-0.3, -0.25) is 14.5 Å². The fraction of sp³-hybridized carbons (Fsp3) is 0.211. The van der Waals surface area contributed by atoms with Crippen LogP contribution < -0.4 is 0 Å². The number of carbonyl (C=O) groups is 3. The van der Waals surface area contributed by atoms with E-state index < -0.39 is 23.8 Å². The summed E-state index contributed by atoms with van der Waals surface area (Å²) >= 11 is 1.63. The highest BCUT2D eigenvalue weighted by atomic mass is 32.2. The van der Waals surface area contributed by atoms with Crippen LogP contribution in [0.15, 0.2) is 53.4 Å². The molecule has 0 saturated heterocycles. The first-order valence-electron chi connectivity index (χ1n) is 7.79. The van der Waals surface area contributed by atoms with Crippen LogP contribution >= 0.6 is 11.8 Å². The maximum atomic E-state index is 12.4. The summed E-state index contributed by atoms with van der Waals surface area (Å²) in [4.78, 5) is 39.2. The number of nitrogens with zero attached hydrogens (tertiary/aromatic N) is 1. The van der Waals surface area contributed by atoms with Gasteiger partial charge in [0.05, 0.1) is 11.1 Å². The van der Waals surface area contributed by atoms with E-state index in [0.29, 0.717) is 11.1 Å². The zero-order valence-electron chi connectivity index (χ0n) is 13.9. The topological polar surface area (TPSA) is 63.7 Å². The SMILES string of the molecule is CSc1ccc(COC(=O)C(C)N2C(=O)c3ccccc3C2=O)cc1. The number of fused-ring (bicyclic) bond motifs is 1. The van der Waals surface area contributed by atoms with Crippen molar-refractivity contribution in [3.05, 3.63) is 65.2 Å². The van der Waals surface area contributed by atoms with Gasteiger partial charge in [-0.2, -0.15) is 0 Å². The van der Waals surface area contributed by atoms with E-state index in [1.807, 2.05) is 30.5 Å². The Morgan fingerprint density at radius 1 is 1.04 bits per heavy atom. The molecule has 3 rings (SSSR count). The molecule has 6 heteroatoms. The third-order valence-corrected chi connectivity index (χ3v) is 4.84. The lowest BCUT2D eigenvalue weighted by Crippen LogP contribution is -2.43. The number of benzene rings is 2. The predicted molar refractivity (Wildman–Crippen MR) is 94.4 cm³/mol. The molecule has 0 aliphatic carbocycles. The molecule has 2 aromatic carbocycles. The van der Waals surface area contributed by atoms with Crippen LogP contribution in [0.25, 0.3) is 0 Å². The number of hydrogen-bond donors (Lipinski definition) is 0. The molecule has 0 bridgehead atoms. The van der Waals surface area contributed by atoms with Crippen LogP contribution in [-0.4, -0.2) is 35.0 Å². The molecule has 0 aromatic heterocycles. The molecule has 1 aliphatic rings. The van der Waals surface area contributed by atoms with Gasteiger partial charge in [0, 0.05) is 4.90 Å². The van der Waals surface area contributed by atoms with E-state index in [-0.39, 0.29) is 6.61 Å². The third-order valence-electron chi connectivity index (χ3n) is 4.09. The van der Waals surface area contributed by atoms with Gasteiger partial charge in [0.2, 0.25) is 0 Å². The Morgan fingerprint density at radius 3 is 2.12 bits per heavy atom. The van der Waals surface area contributed by atoms with Crippen molar-refractivity contribution in [2.75, 3.05) is 6.26 Å². The maximum Gasteiger partial charge on any atom is 0.329 e. The second-order valence-corrected chi connectivity index (χ2v) is 6.54. The number of rotatable bonds is 5. The van der Waals surface area contributed by atoms with Crippen molar-refractivity contribution in [1.29, 1.82) is 0 Å². The van der Waals surface area contributed by atoms with Crippen LogP contribution in [0, 0.1) is 0 Å². The van der Waals surface area contributed by atoms with Gasteiger partial charge < -0.3 is 4.74 Å². The highest BCUT2D eigenvalue weighted by Gasteiger charge is 2.41. The van der Waals surface area contributed by atoms with Gasteiger partial charge in [-0.1, -0.05) is 24.3 Å². The number of amides is 2. The summed E-state index contributed by atoms with van der Waals surface area (Å²) in [5, 5.41) is 0. The lowest BCUT2D eigenvalue weighted by Gasteiger charge is -2.20. The molecule has 128 valence electrons. The zero-order chi connectivity index (χ0) is 18.0. The molecule has 0 saturated carbocycles. The quantitative estimate of drug-likeness (QED) is 0.468. The Hall–Kier alpha value is -2.60. The van der Waals surface area contributed by atoms with Gasteiger partial charge in [-0.25, -0.2) is 4.79 Å². The molecular formula is C19H17NO4S. The summed E-state index contributed by atoms with van der Waals surface area (Å²) < 4.78 is 5.28. The number of thioether (sulfide) groups is 1. The predicted octanol–water partition coefficient (Wildman–Crippen LogP) is 3.14. The van der Waals surface area contributed by atoms with Gasteiger partial charge >= 0.3 is 5.97 Å². The van der Waals surface area contributed by atoms with Crippen LogP contribution in [0.5, 0.6) is 0 Å². The Bertz CT molecular complexity index is 797. The molecule has 1 unspecified atom stereocenters. The van der Waals surface area contributed by atoms with Crippen molar-refractivity contribution in [2.24, 2.45) is 0 Å². The smallest absolute Gasteiger partial charge is 0.329 e. The highest BCUT2D eigenvalue weighted by Crippen LogP contribution is 2.25. The molecule has 1 aliphatic heterocycles. The van der Waals surface area contributed by atoms with Crippen molar-refractivity contribution in [1.82, 2.24) is 4.90 Å². The first-order valence-corrected chi connectivity index (χ1v) is 9.02. The minimum absolute atomic E-state index is 0.0982. The van der Waals surface area contributed by atoms with Gasteiger partial charge in [-0.15, -0.1) is 11.8 Å². The zero-order valence-corrected chi connectivity index (χ0v) is 14.7. The summed E-state index contributed by atoms with van der Waals surface area (Å²) in [6.07, 6.45) is 1.98. The molecule has 2 amide bonds. The van der Waals surface area contributed by atoms with Crippen LogP contribution in [0.1, 0.15) is 33.2 Å². The molecule has 25 heavy (non-hydrogen) atoms. The van der Waals surface area contributed by atoms with Crippen molar-refractivity contribution in [2.45, 2.75) is 24.5 Å². The highest BCUT2D eigenvalue weighted by molar-refractivity contribution is 7.98. The Labute approximate surface area is 150 Å².